The molecule has 3 N–H and O–H groups in total. The van der Waals surface area contributed by atoms with Gasteiger partial charge in [-0.3, -0.25) is 14.7 Å². The SMILES string of the molecule is CN=C(NCCC(=O)Nc1ccc(C)cn1)NC1CCN(Cc2ccccc2)CC1.I. The van der Waals surface area contributed by atoms with Gasteiger partial charge in [0.2, 0.25) is 5.91 Å². The molecule has 1 amide bonds. The Morgan fingerprint density at radius 3 is 2.55 bits per heavy atom. The van der Waals surface area contributed by atoms with Crippen molar-refractivity contribution in [3.8, 4) is 0 Å². The van der Waals surface area contributed by atoms with Crippen molar-refractivity contribution >= 4 is 41.7 Å². The Morgan fingerprint density at radius 1 is 1.16 bits per heavy atom. The number of carbonyl (C=O) groups is 1. The molecule has 1 fully saturated rings. The third-order valence-electron chi connectivity index (χ3n) is 5.22. The van der Waals surface area contributed by atoms with Crippen molar-refractivity contribution in [2.24, 2.45) is 4.99 Å². The highest BCUT2D eigenvalue weighted by Crippen LogP contribution is 2.13. The van der Waals surface area contributed by atoms with Crippen LogP contribution in [0.1, 0.15) is 30.4 Å². The van der Waals surface area contributed by atoms with Gasteiger partial charge in [0.15, 0.2) is 5.96 Å². The van der Waals surface area contributed by atoms with Gasteiger partial charge in [0.1, 0.15) is 5.82 Å². The summed E-state index contributed by atoms with van der Waals surface area (Å²) < 4.78 is 0. The van der Waals surface area contributed by atoms with Crippen LogP contribution in [-0.4, -0.2) is 54.5 Å². The molecule has 1 aromatic carbocycles. The van der Waals surface area contributed by atoms with Crippen molar-refractivity contribution in [3.63, 3.8) is 0 Å². The molecule has 0 unspecified atom stereocenters. The number of hydrogen-bond donors (Lipinski definition) is 3. The van der Waals surface area contributed by atoms with Gasteiger partial charge in [-0.25, -0.2) is 4.98 Å². The van der Waals surface area contributed by atoms with E-state index in [9.17, 15) is 4.79 Å². The first-order valence-corrected chi connectivity index (χ1v) is 10.6. The average molecular weight is 536 g/mol. The summed E-state index contributed by atoms with van der Waals surface area (Å²) in [4.78, 5) is 23.1. The van der Waals surface area contributed by atoms with E-state index in [-0.39, 0.29) is 29.9 Å². The Bertz CT molecular complexity index is 820. The van der Waals surface area contributed by atoms with E-state index >= 15 is 0 Å². The first kappa shape index (κ1) is 25.1. The zero-order valence-corrected chi connectivity index (χ0v) is 20.6. The normalized spacial score (nSPS) is 15.1. The Balaban J connectivity index is 0.00000341. The number of amides is 1. The molecule has 0 spiro atoms. The zero-order chi connectivity index (χ0) is 21.2. The molecular formula is C23H33IN6O. The van der Waals surface area contributed by atoms with Crippen LogP contribution in [0.15, 0.2) is 53.7 Å². The van der Waals surface area contributed by atoms with Gasteiger partial charge in [-0.15, -0.1) is 24.0 Å². The summed E-state index contributed by atoms with van der Waals surface area (Å²) in [6, 6.07) is 14.7. The van der Waals surface area contributed by atoms with Crippen molar-refractivity contribution in [2.45, 2.75) is 38.8 Å². The maximum absolute atomic E-state index is 12.1. The maximum Gasteiger partial charge on any atom is 0.227 e. The molecule has 0 atom stereocenters. The number of anilines is 1. The van der Waals surface area contributed by atoms with Crippen molar-refractivity contribution in [1.29, 1.82) is 0 Å². The largest absolute Gasteiger partial charge is 0.356 e. The molecular weight excluding hydrogens is 503 g/mol. The van der Waals surface area contributed by atoms with E-state index in [0.29, 0.717) is 24.8 Å². The molecule has 31 heavy (non-hydrogen) atoms. The van der Waals surface area contributed by atoms with Crippen LogP contribution in [-0.2, 0) is 11.3 Å². The number of hydrogen-bond acceptors (Lipinski definition) is 4. The van der Waals surface area contributed by atoms with E-state index in [1.165, 1.54) is 5.56 Å². The van der Waals surface area contributed by atoms with Crippen LogP contribution in [0.4, 0.5) is 5.82 Å². The molecule has 1 aromatic heterocycles. The number of rotatable bonds is 7. The van der Waals surface area contributed by atoms with Crippen LogP contribution in [0.5, 0.6) is 0 Å². The number of likely N-dealkylation sites (tertiary alicyclic amines) is 1. The van der Waals surface area contributed by atoms with Crippen LogP contribution < -0.4 is 16.0 Å². The fraction of sp³-hybridized carbons (Fsp3) is 0.435. The molecule has 1 saturated heterocycles. The third kappa shape index (κ3) is 8.82. The molecule has 2 heterocycles. The number of aryl methyl sites for hydroxylation is 1. The number of aliphatic imine (C=N–C) groups is 1. The molecule has 0 bridgehead atoms. The molecule has 0 saturated carbocycles. The van der Waals surface area contributed by atoms with E-state index in [2.05, 4.69) is 61.2 Å². The quantitative estimate of drug-likeness (QED) is 0.288. The van der Waals surface area contributed by atoms with E-state index in [4.69, 9.17) is 0 Å². The van der Waals surface area contributed by atoms with Crippen LogP contribution in [0.25, 0.3) is 0 Å². The van der Waals surface area contributed by atoms with Crippen molar-refractivity contribution < 1.29 is 4.79 Å². The Kier molecular flexibility index (Phi) is 10.7. The summed E-state index contributed by atoms with van der Waals surface area (Å²) in [5.41, 5.74) is 2.43. The van der Waals surface area contributed by atoms with Gasteiger partial charge in [0.25, 0.3) is 0 Å². The van der Waals surface area contributed by atoms with Crippen molar-refractivity contribution in [2.75, 3.05) is 32.0 Å². The van der Waals surface area contributed by atoms with Gasteiger partial charge in [0, 0.05) is 51.9 Å². The Labute approximate surface area is 202 Å². The molecule has 168 valence electrons. The van der Waals surface area contributed by atoms with Crippen LogP contribution >= 0.6 is 24.0 Å². The highest BCUT2D eigenvalue weighted by Gasteiger charge is 2.20. The summed E-state index contributed by atoms with van der Waals surface area (Å²) in [6.07, 6.45) is 4.25. The second-order valence-electron chi connectivity index (χ2n) is 7.70. The number of pyridine rings is 1. The Hall–Kier alpha value is -2.20. The lowest BCUT2D eigenvalue weighted by molar-refractivity contribution is -0.116. The molecule has 8 heteroatoms. The predicted octanol–water partition coefficient (Wildman–Crippen LogP) is 3.17. The van der Waals surface area contributed by atoms with E-state index in [1.807, 2.05) is 19.1 Å². The number of carbonyl (C=O) groups excluding carboxylic acids is 1. The first-order chi connectivity index (χ1) is 14.6. The lowest BCUT2D eigenvalue weighted by atomic mass is 10.0. The average Bonchev–Trinajstić information content (AvgIpc) is 2.76. The smallest absolute Gasteiger partial charge is 0.227 e. The van der Waals surface area contributed by atoms with E-state index < -0.39 is 0 Å². The summed E-state index contributed by atoms with van der Waals surface area (Å²) in [6.45, 7) is 5.62. The lowest BCUT2D eigenvalue weighted by Gasteiger charge is -2.33. The molecule has 0 radical (unpaired) electrons. The van der Waals surface area contributed by atoms with Gasteiger partial charge >= 0.3 is 0 Å². The topological polar surface area (TPSA) is 81.6 Å². The minimum Gasteiger partial charge on any atom is -0.356 e. The number of halogens is 1. The second-order valence-corrected chi connectivity index (χ2v) is 7.70. The molecule has 0 aliphatic carbocycles. The zero-order valence-electron chi connectivity index (χ0n) is 18.3. The van der Waals surface area contributed by atoms with E-state index in [0.717, 1.165) is 44.0 Å². The first-order valence-electron chi connectivity index (χ1n) is 10.6. The molecule has 2 aromatic rings. The van der Waals surface area contributed by atoms with Crippen LogP contribution in [0.2, 0.25) is 0 Å². The summed E-state index contributed by atoms with van der Waals surface area (Å²) in [7, 11) is 1.76. The monoisotopic (exact) mass is 536 g/mol. The fourth-order valence-electron chi connectivity index (χ4n) is 3.51. The van der Waals surface area contributed by atoms with Gasteiger partial charge < -0.3 is 16.0 Å². The summed E-state index contributed by atoms with van der Waals surface area (Å²) in [5.74, 6) is 1.26. The van der Waals surface area contributed by atoms with Crippen molar-refractivity contribution in [1.82, 2.24) is 20.5 Å². The minimum atomic E-state index is -0.0662. The summed E-state index contributed by atoms with van der Waals surface area (Å²) in [5, 5.41) is 9.54. The number of benzene rings is 1. The van der Waals surface area contributed by atoms with Crippen LogP contribution in [0, 0.1) is 6.92 Å². The Morgan fingerprint density at radius 2 is 1.90 bits per heavy atom. The van der Waals surface area contributed by atoms with Crippen molar-refractivity contribution in [3.05, 3.63) is 59.8 Å². The molecule has 3 rings (SSSR count). The molecule has 7 nitrogen and oxygen atoms in total. The number of aromatic nitrogens is 1. The molecule has 1 aliphatic rings. The predicted molar refractivity (Wildman–Crippen MR) is 137 cm³/mol. The standard InChI is InChI=1S/C23H32N6O.HI/c1-18-8-9-21(26-16-18)28-22(30)10-13-25-23(24-2)27-20-11-14-29(15-12-20)17-19-6-4-3-5-7-19;/h3-9,16,20H,10-15,17H2,1-2H3,(H2,24,25,27)(H,26,28,30);1H. The molecule has 1 aliphatic heterocycles. The summed E-state index contributed by atoms with van der Waals surface area (Å²) >= 11 is 0. The fourth-order valence-corrected chi connectivity index (χ4v) is 3.51. The number of nitrogens with one attached hydrogen (secondary N) is 3. The highest BCUT2D eigenvalue weighted by molar-refractivity contribution is 14.0. The third-order valence-corrected chi connectivity index (χ3v) is 5.22. The number of nitrogens with zero attached hydrogens (tertiary/aromatic N) is 3. The van der Waals surface area contributed by atoms with E-state index in [1.54, 1.807) is 13.2 Å². The minimum absolute atomic E-state index is 0. The van der Waals surface area contributed by atoms with Crippen LogP contribution in [0.3, 0.4) is 0 Å². The number of guanidine groups is 1. The van der Waals surface area contributed by atoms with Gasteiger partial charge in [-0.2, -0.15) is 0 Å². The van der Waals surface area contributed by atoms with Gasteiger partial charge in [-0.05, 0) is 37.0 Å². The lowest BCUT2D eigenvalue weighted by Crippen LogP contribution is -2.48. The second kappa shape index (κ2) is 13.3. The van der Waals surface area contributed by atoms with Gasteiger partial charge in [-0.1, -0.05) is 36.4 Å². The maximum atomic E-state index is 12.1. The number of piperidine rings is 1. The van der Waals surface area contributed by atoms with Gasteiger partial charge in [0.05, 0.1) is 0 Å². The highest BCUT2D eigenvalue weighted by atomic mass is 127.